The van der Waals surface area contributed by atoms with E-state index in [0.29, 0.717) is 0 Å². The Morgan fingerprint density at radius 1 is 1.22 bits per heavy atom. The SMILES string of the molecule is O=C(Nc1ccccc1C(=O)O)OC(Cl)C(Cl)Cl. The second kappa shape index (κ2) is 6.68. The van der Waals surface area contributed by atoms with E-state index in [-0.39, 0.29) is 11.3 Å². The molecule has 5 nitrogen and oxygen atoms in total. The molecular formula is C10H8Cl3NO4. The number of anilines is 1. The van der Waals surface area contributed by atoms with Crippen molar-refractivity contribution >= 4 is 52.6 Å². The lowest BCUT2D eigenvalue weighted by Gasteiger charge is -2.13. The highest BCUT2D eigenvalue weighted by Crippen LogP contribution is 2.18. The second-order valence-corrected chi connectivity index (χ2v) is 4.66. The fourth-order valence-electron chi connectivity index (χ4n) is 1.07. The fraction of sp³-hybridized carbons (Fsp3) is 0.200. The molecule has 98 valence electrons. The van der Waals surface area contributed by atoms with E-state index >= 15 is 0 Å². The average Bonchev–Trinajstić information content (AvgIpc) is 2.28. The van der Waals surface area contributed by atoms with E-state index in [1.807, 2.05) is 0 Å². The number of rotatable bonds is 4. The van der Waals surface area contributed by atoms with Gasteiger partial charge in [0.2, 0.25) is 5.56 Å². The number of para-hydroxylation sites is 1. The molecule has 18 heavy (non-hydrogen) atoms. The summed E-state index contributed by atoms with van der Waals surface area (Å²) in [6, 6.07) is 5.83. The summed E-state index contributed by atoms with van der Waals surface area (Å²) in [5, 5.41) is 11.1. The molecule has 8 heteroatoms. The van der Waals surface area contributed by atoms with Crippen LogP contribution in [0.4, 0.5) is 10.5 Å². The largest absolute Gasteiger partial charge is 0.478 e. The van der Waals surface area contributed by atoms with Gasteiger partial charge < -0.3 is 9.84 Å². The highest BCUT2D eigenvalue weighted by atomic mass is 35.5. The third-order valence-electron chi connectivity index (χ3n) is 1.81. The van der Waals surface area contributed by atoms with E-state index < -0.39 is 22.5 Å². The zero-order valence-electron chi connectivity index (χ0n) is 8.77. The summed E-state index contributed by atoms with van der Waals surface area (Å²) in [5.74, 6) is -1.18. The van der Waals surface area contributed by atoms with Gasteiger partial charge in [-0.15, -0.1) is 0 Å². The molecule has 1 atom stereocenters. The van der Waals surface area contributed by atoms with E-state index in [2.05, 4.69) is 10.1 Å². The lowest BCUT2D eigenvalue weighted by atomic mass is 10.2. The first-order chi connectivity index (χ1) is 8.41. The molecule has 1 aromatic rings. The van der Waals surface area contributed by atoms with Gasteiger partial charge in [-0.25, -0.2) is 9.59 Å². The number of carboxylic acids is 1. The van der Waals surface area contributed by atoms with Crippen LogP contribution in [0.15, 0.2) is 24.3 Å². The number of benzene rings is 1. The summed E-state index contributed by atoms with van der Waals surface area (Å²) in [7, 11) is 0. The van der Waals surface area contributed by atoms with Crippen LogP contribution in [-0.4, -0.2) is 27.6 Å². The van der Waals surface area contributed by atoms with Crippen molar-refractivity contribution < 1.29 is 19.4 Å². The van der Waals surface area contributed by atoms with Crippen molar-refractivity contribution in [1.29, 1.82) is 0 Å². The lowest BCUT2D eigenvalue weighted by Crippen LogP contribution is -2.23. The molecule has 0 aliphatic heterocycles. The van der Waals surface area contributed by atoms with Crippen molar-refractivity contribution in [2.45, 2.75) is 10.4 Å². The number of ether oxygens (including phenoxy) is 1. The number of nitrogens with one attached hydrogen (secondary N) is 1. The van der Waals surface area contributed by atoms with Crippen molar-refractivity contribution in [2.24, 2.45) is 0 Å². The maximum Gasteiger partial charge on any atom is 0.413 e. The molecule has 1 amide bonds. The molecule has 1 rings (SSSR count). The Balaban J connectivity index is 2.73. The number of aromatic carboxylic acids is 1. The van der Waals surface area contributed by atoms with Gasteiger partial charge in [0.05, 0.1) is 11.3 Å². The number of halogens is 3. The maximum absolute atomic E-state index is 11.4. The van der Waals surface area contributed by atoms with E-state index in [9.17, 15) is 9.59 Å². The zero-order chi connectivity index (χ0) is 13.7. The minimum Gasteiger partial charge on any atom is -0.478 e. The number of amides is 1. The second-order valence-electron chi connectivity index (χ2n) is 3.07. The van der Waals surface area contributed by atoms with Crippen LogP contribution in [-0.2, 0) is 4.74 Å². The molecule has 0 radical (unpaired) electrons. The molecule has 1 unspecified atom stereocenters. The Morgan fingerprint density at radius 2 is 1.83 bits per heavy atom. The topological polar surface area (TPSA) is 75.6 Å². The van der Waals surface area contributed by atoms with Gasteiger partial charge in [-0.1, -0.05) is 46.9 Å². The van der Waals surface area contributed by atoms with Gasteiger partial charge in [-0.3, -0.25) is 5.32 Å². The Labute approximate surface area is 118 Å². The van der Waals surface area contributed by atoms with Crippen LogP contribution in [0.5, 0.6) is 0 Å². The molecule has 0 spiro atoms. The monoisotopic (exact) mass is 311 g/mol. The van der Waals surface area contributed by atoms with Crippen LogP contribution in [0.2, 0.25) is 0 Å². The van der Waals surface area contributed by atoms with Gasteiger partial charge in [-0.2, -0.15) is 0 Å². The molecule has 0 saturated heterocycles. The molecule has 1 aromatic carbocycles. The molecule has 0 fully saturated rings. The van der Waals surface area contributed by atoms with Crippen LogP contribution >= 0.6 is 34.8 Å². The Bertz CT molecular complexity index is 453. The third kappa shape index (κ3) is 4.25. The van der Waals surface area contributed by atoms with Crippen LogP contribution in [0, 0.1) is 0 Å². The van der Waals surface area contributed by atoms with Gasteiger partial charge in [0.15, 0.2) is 4.84 Å². The summed E-state index contributed by atoms with van der Waals surface area (Å²) in [6.45, 7) is 0. The first-order valence-corrected chi connectivity index (χ1v) is 5.95. The molecule has 0 saturated carbocycles. The standard InChI is InChI=1S/C10H8Cl3NO4/c11-7(12)8(13)18-10(17)14-6-4-2-1-3-5(6)9(15)16/h1-4,7-8H,(H,14,17)(H,15,16). The minimum absolute atomic E-state index is 0.0751. The molecule has 0 heterocycles. The van der Waals surface area contributed by atoms with E-state index in [1.54, 1.807) is 6.07 Å². The number of alkyl halides is 3. The van der Waals surface area contributed by atoms with Gasteiger partial charge in [0, 0.05) is 0 Å². The molecule has 0 aliphatic rings. The molecule has 0 aliphatic carbocycles. The van der Waals surface area contributed by atoms with Gasteiger partial charge in [0.25, 0.3) is 0 Å². The van der Waals surface area contributed by atoms with Crippen molar-refractivity contribution in [1.82, 2.24) is 0 Å². The third-order valence-corrected chi connectivity index (χ3v) is 2.87. The fourth-order valence-corrected chi connectivity index (χ4v) is 1.26. The number of hydrogen-bond donors (Lipinski definition) is 2. The molecule has 2 N–H and O–H groups in total. The average molecular weight is 313 g/mol. The normalized spacial score (nSPS) is 12.0. The minimum atomic E-state index is -1.23. The van der Waals surface area contributed by atoms with Crippen molar-refractivity contribution in [2.75, 3.05) is 5.32 Å². The quantitative estimate of drug-likeness (QED) is 0.836. The van der Waals surface area contributed by atoms with Gasteiger partial charge in [0.1, 0.15) is 0 Å². The van der Waals surface area contributed by atoms with Gasteiger partial charge >= 0.3 is 12.1 Å². The summed E-state index contributed by atoms with van der Waals surface area (Å²) in [5.41, 5.74) is -1.22. The Kier molecular flexibility index (Phi) is 5.53. The highest BCUT2D eigenvalue weighted by Gasteiger charge is 2.19. The van der Waals surface area contributed by atoms with Crippen molar-refractivity contribution in [3.8, 4) is 0 Å². The van der Waals surface area contributed by atoms with E-state index in [1.165, 1.54) is 18.2 Å². The van der Waals surface area contributed by atoms with E-state index in [0.717, 1.165) is 0 Å². The van der Waals surface area contributed by atoms with Crippen LogP contribution in [0.1, 0.15) is 10.4 Å². The van der Waals surface area contributed by atoms with Crippen LogP contribution in [0.25, 0.3) is 0 Å². The lowest BCUT2D eigenvalue weighted by molar-refractivity contribution is 0.0698. The Hall–Kier alpha value is -1.17. The summed E-state index contributed by atoms with van der Waals surface area (Å²) >= 11 is 16.3. The first-order valence-electron chi connectivity index (χ1n) is 4.64. The van der Waals surface area contributed by atoms with Crippen LogP contribution < -0.4 is 5.32 Å². The maximum atomic E-state index is 11.4. The Morgan fingerprint density at radius 3 is 2.39 bits per heavy atom. The predicted octanol–water partition coefficient (Wildman–Crippen LogP) is 3.30. The van der Waals surface area contributed by atoms with E-state index in [4.69, 9.17) is 39.9 Å². The van der Waals surface area contributed by atoms with Crippen molar-refractivity contribution in [3.05, 3.63) is 29.8 Å². The first kappa shape index (κ1) is 14.9. The molecule has 0 bridgehead atoms. The zero-order valence-corrected chi connectivity index (χ0v) is 11.0. The highest BCUT2D eigenvalue weighted by molar-refractivity contribution is 6.48. The van der Waals surface area contributed by atoms with Crippen molar-refractivity contribution in [3.63, 3.8) is 0 Å². The summed E-state index contributed by atoms with van der Waals surface area (Å²) in [6.07, 6.45) is -0.949. The number of carbonyl (C=O) groups excluding carboxylic acids is 1. The summed E-state index contributed by atoms with van der Waals surface area (Å²) in [4.78, 5) is 21.2. The molecule has 0 aromatic heterocycles. The number of hydrogen-bond acceptors (Lipinski definition) is 3. The van der Waals surface area contributed by atoms with Gasteiger partial charge in [-0.05, 0) is 12.1 Å². The predicted molar refractivity (Wildman–Crippen MR) is 68.6 cm³/mol. The number of carboxylic acid groups (broad SMARTS) is 1. The summed E-state index contributed by atoms with van der Waals surface area (Å²) < 4.78 is 4.61. The number of carbonyl (C=O) groups is 2. The molecular weight excluding hydrogens is 304 g/mol. The smallest absolute Gasteiger partial charge is 0.413 e. The van der Waals surface area contributed by atoms with Crippen LogP contribution in [0.3, 0.4) is 0 Å².